The van der Waals surface area contributed by atoms with E-state index in [0.717, 1.165) is 44.5 Å². The van der Waals surface area contributed by atoms with Crippen LogP contribution in [0, 0.1) is 5.92 Å². The van der Waals surface area contributed by atoms with E-state index < -0.39 is 0 Å². The minimum Gasteiger partial charge on any atom is -0.383 e. The second-order valence-corrected chi connectivity index (χ2v) is 5.87. The van der Waals surface area contributed by atoms with Crippen LogP contribution < -0.4 is 10.2 Å². The van der Waals surface area contributed by atoms with Crippen LogP contribution in [-0.4, -0.2) is 38.3 Å². The Morgan fingerprint density at radius 2 is 2.19 bits per heavy atom. The third-order valence-corrected chi connectivity index (χ3v) is 4.28. The molecular formula is C17H29N3O. The number of pyridine rings is 1. The normalized spacial score (nSPS) is 16.4. The van der Waals surface area contributed by atoms with Crippen molar-refractivity contribution in [2.45, 2.75) is 39.2 Å². The van der Waals surface area contributed by atoms with Gasteiger partial charge < -0.3 is 15.0 Å². The molecule has 1 aliphatic rings. The van der Waals surface area contributed by atoms with E-state index in [1.54, 1.807) is 7.11 Å². The first-order chi connectivity index (χ1) is 10.3. The molecule has 0 spiro atoms. The van der Waals surface area contributed by atoms with Crippen LogP contribution in [0.3, 0.4) is 0 Å². The molecule has 1 N–H and O–H groups in total. The van der Waals surface area contributed by atoms with E-state index in [2.05, 4.69) is 28.2 Å². The number of anilines is 1. The highest BCUT2D eigenvalue weighted by Crippen LogP contribution is 2.26. The van der Waals surface area contributed by atoms with Crippen LogP contribution in [0.4, 0.5) is 5.82 Å². The standard InChI is InChI=1S/C17H29N3O/c1-3-5-15-7-11-20(12-8-15)17-16(6-4-9-19-17)14-18-10-13-21-2/h4,6,9,15,18H,3,5,7-8,10-14H2,1-2H3. The summed E-state index contributed by atoms with van der Waals surface area (Å²) in [6.45, 7) is 7.07. The van der Waals surface area contributed by atoms with Gasteiger partial charge >= 0.3 is 0 Å². The topological polar surface area (TPSA) is 37.4 Å². The lowest BCUT2D eigenvalue weighted by molar-refractivity contribution is 0.199. The monoisotopic (exact) mass is 291 g/mol. The van der Waals surface area contributed by atoms with E-state index in [0.29, 0.717) is 0 Å². The van der Waals surface area contributed by atoms with Crippen molar-refractivity contribution in [2.24, 2.45) is 5.92 Å². The summed E-state index contributed by atoms with van der Waals surface area (Å²) in [7, 11) is 1.73. The fourth-order valence-electron chi connectivity index (χ4n) is 3.09. The van der Waals surface area contributed by atoms with Crippen molar-refractivity contribution < 1.29 is 4.74 Å². The van der Waals surface area contributed by atoms with Crippen molar-refractivity contribution >= 4 is 5.82 Å². The van der Waals surface area contributed by atoms with E-state index in [1.807, 2.05) is 12.3 Å². The number of ether oxygens (including phenoxy) is 1. The van der Waals surface area contributed by atoms with E-state index >= 15 is 0 Å². The van der Waals surface area contributed by atoms with Crippen LogP contribution >= 0.6 is 0 Å². The number of aromatic nitrogens is 1. The first kappa shape index (κ1) is 16.2. The van der Waals surface area contributed by atoms with Gasteiger partial charge in [-0.05, 0) is 24.8 Å². The van der Waals surface area contributed by atoms with Crippen LogP contribution in [-0.2, 0) is 11.3 Å². The molecular weight excluding hydrogens is 262 g/mol. The van der Waals surface area contributed by atoms with Crippen molar-refractivity contribution in [2.75, 3.05) is 38.3 Å². The summed E-state index contributed by atoms with van der Waals surface area (Å²) in [5.41, 5.74) is 1.29. The Labute approximate surface area is 128 Å². The van der Waals surface area contributed by atoms with Gasteiger partial charge in [0.25, 0.3) is 0 Å². The predicted octanol–water partition coefficient (Wildman–Crippen LogP) is 2.83. The predicted molar refractivity (Wildman–Crippen MR) is 87.7 cm³/mol. The SMILES string of the molecule is CCCC1CCN(c2ncccc2CNCCOC)CC1. The average molecular weight is 291 g/mol. The Bertz CT molecular complexity index is 403. The Hall–Kier alpha value is -1.13. The molecule has 0 radical (unpaired) electrons. The molecule has 21 heavy (non-hydrogen) atoms. The quantitative estimate of drug-likeness (QED) is 0.747. The molecule has 0 atom stereocenters. The summed E-state index contributed by atoms with van der Waals surface area (Å²) in [4.78, 5) is 7.08. The van der Waals surface area contributed by atoms with E-state index in [9.17, 15) is 0 Å². The second kappa shape index (κ2) is 9.00. The number of methoxy groups -OCH3 is 1. The minimum atomic E-state index is 0.748. The number of nitrogens with zero attached hydrogens (tertiary/aromatic N) is 2. The maximum Gasteiger partial charge on any atom is 0.133 e. The minimum absolute atomic E-state index is 0.748. The lowest BCUT2D eigenvalue weighted by Gasteiger charge is -2.33. The molecule has 4 nitrogen and oxygen atoms in total. The number of piperidine rings is 1. The zero-order valence-corrected chi connectivity index (χ0v) is 13.5. The summed E-state index contributed by atoms with van der Waals surface area (Å²) in [6, 6.07) is 4.21. The maximum absolute atomic E-state index is 5.07. The first-order valence-electron chi connectivity index (χ1n) is 8.23. The number of hydrogen-bond acceptors (Lipinski definition) is 4. The summed E-state index contributed by atoms with van der Waals surface area (Å²) in [5.74, 6) is 2.08. The summed E-state index contributed by atoms with van der Waals surface area (Å²) >= 11 is 0. The second-order valence-electron chi connectivity index (χ2n) is 5.87. The van der Waals surface area contributed by atoms with Gasteiger partial charge in [0.2, 0.25) is 0 Å². The molecule has 1 fully saturated rings. The molecule has 1 aromatic heterocycles. The lowest BCUT2D eigenvalue weighted by atomic mass is 9.92. The van der Waals surface area contributed by atoms with Crippen molar-refractivity contribution in [1.29, 1.82) is 0 Å². The van der Waals surface area contributed by atoms with Gasteiger partial charge in [-0.1, -0.05) is 25.8 Å². The average Bonchev–Trinajstić information content (AvgIpc) is 2.53. The van der Waals surface area contributed by atoms with Gasteiger partial charge in [-0.3, -0.25) is 0 Å². The molecule has 0 saturated carbocycles. The van der Waals surface area contributed by atoms with E-state index in [-0.39, 0.29) is 0 Å². The third kappa shape index (κ3) is 4.97. The first-order valence-corrected chi connectivity index (χ1v) is 8.23. The molecule has 2 heterocycles. The fourth-order valence-corrected chi connectivity index (χ4v) is 3.09. The Balaban J connectivity index is 1.90. The Morgan fingerprint density at radius 1 is 1.38 bits per heavy atom. The lowest BCUT2D eigenvalue weighted by Crippen LogP contribution is -2.35. The Morgan fingerprint density at radius 3 is 2.90 bits per heavy atom. The van der Waals surface area contributed by atoms with Gasteiger partial charge in [0, 0.05) is 45.0 Å². The van der Waals surface area contributed by atoms with Crippen LogP contribution in [0.25, 0.3) is 0 Å². The Kier molecular flexibility index (Phi) is 6.96. The smallest absolute Gasteiger partial charge is 0.133 e. The zero-order chi connectivity index (χ0) is 14.9. The van der Waals surface area contributed by atoms with Gasteiger partial charge in [-0.25, -0.2) is 4.98 Å². The van der Waals surface area contributed by atoms with Crippen molar-refractivity contribution in [3.8, 4) is 0 Å². The number of hydrogen-bond donors (Lipinski definition) is 1. The third-order valence-electron chi connectivity index (χ3n) is 4.28. The van der Waals surface area contributed by atoms with Gasteiger partial charge in [0.15, 0.2) is 0 Å². The molecule has 1 aliphatic heterocycles. The maximum atomic E-state index is 5.07. The molecule has 4 heteroatoms. The summed E-state index contributed by atoms with van der Waals surface area (Å²) in [6.07, 6.45) is 7.21. The largest absolute Gasteiger partial charge is 0.383 e. The highest BCUT2D eigenvalue weighted by molar-refractivity contribution is 5.47. The van der Waals surface area contributed by atoms with Gasteiger partial charge in [-0.15, -0.1) is 0 Å². The molecule has 0 unspecified atom stereocenters. The molecule has 2 rings (SSSR count). The molecule has 1 aromatic rings. The van der Waals surface area contributed by atoms with Crippen LogP contribution in [0.15, 0.2) is 18.3 Å². The van der Waals surface area contributed by atoms with Crippen molar-refractivity contribution in [3.63, 3.8) is 0 Å². The zero-order valence-electron chi connectivity index (χ0n) is 13.5. The van der Waals surface area contributed by atoms with Crippen LogP contribution in [0.5, 0.6) is 0 Å². The number of nitrogens with one attached hydrogen (secondary N) is 1. The van der Waals surface area contributed by atoms with Gasteiger partial charge in [-0.2, -0.15) is 0 Å². The summed E-state index contributed by atoms with van der Waals surface area (Å²) in [5, 5.41) is 3.42. The molecule has 0 aliphatic carbocycles. The molecule has 118 valence electrons. The van der Waals surface area contributed by atoms with E-state index in [4.69, 9.17) is 4.74 Å². The summed E-state index contributed by atoms with van der Waals surface area (Å²) < 4.78 is 5.07. The molecule has 1 saturated heterocycles. The fraction of sp³-hybridized carbons (Fsp3) is 0.706. The molecule has 0 bridgehead atoms. The van der Waals surface area contributed by atoms with Gasteiger partial charge in [0.1, 0.15) is 5.82 Å². The van der Waals surface area contributed by atoms with Crippen molar-refractivity contribution in [3.05, 3.63) is 23.9 Å². The van der Waals surface area contributed by atoms with E-state index in [1.165, 1.54) is 31.2 Å². The highest BCUT2D eigenvalue weighted by Gasteiger charge is 2.20. The van der Waals surface area contributed by atoms with Crippen molar-refractivity contribution in [1.82, 2.24) is 10.3 Å². The van der Waals surface area contributed by atoms with Crippen LogP contribution in [0.1, 0.15) is 38.2 Å². The highest BCUT2D eigenvalue weighted by atomic mass is 16.5. The molecule has 0 aromatic carbocycles. The van der Waals surface area contributed by atoms with Gasteiger partial charge in [0.05, 0.1) is 6.61 Å². The molecule has 0 amide bonds. The van der Waals surface area contributed by atoms with Crippen LogP contribution in [0.2, 0.25) is 0 Å². The number of rotatable bonds is 8.